The van der Waals surface area contributed by atoms with E-state index in [1.54, 1.807) is 19.1 Å². The number of hydrogen-bond acceptors (Lipinski definition) is 2. The van der Waals surface area contributed by atoms with Gasteiger partial charge in [-0.2, -0.15) is 4.39 Å². The van der Waals surface area contributed by atoms with Crippen molar-refractivity contribution in [3.8, 4) is 0 Å². The summed E-state index contributed by atoms with van der Waals surface area (Å²) >= 11 is 0. The highest BCUT2D eigenvalue weighted by Gasteiger charge is 2.16. The minimum atomic E-state index is -0.458. The van der Waals surface area contributed by atoms with Gasteiger partial charge in [-0.3, -0.25) is 4.79 Å². The van der Waals surface area contributed by atoms with Gasteiger partial charge in [0.05, 0.1) is 0 Å². The molecule has 1 rings (SSSR count). The van der Waals surface area contributed by atoms with Crippen LogP contribution in [-0.2, 0) is 11.2 Å². The number of pyridine rings is 1. The number of Topliss-reactive ketones (excluding diaryl/α,β-unsaturated/α-hetero) is 1. The van der Waals surface area contributed by atoms with Crippen LogP contribution in [0.15, 0.2) is 18.3 Å². The fourth-order valence-corrected chi connectivity index (χ4v) is 1.63. The molecule has 15 heavy (non-hydrogen) atoms. The van der Waals surface area contributed by atoms with Crippen molar-refractivity contribution in [2.45, 2.75) is 33.1 Å². The van der Waals surface area contributed by atoms with Crippen LogP contribution in [0.2, 0.25) is 0 Å². The zero-order chi connectivity index (χ0) is 11.3. The van der Waals surface area contributed by atoms with Gasteiger partial charge in [-0.05, 0) is 25.8 Å². The van der Waals surface area contributed by atoms with Crippen molar-refractivity contribution in [3.63, 3.8) is 0 Å². The normalized spacial score (nSPS) is 12.5. The Morgan fingerprint density at radius 2 is 2.33 bits per heavy atom. The molecule has 1 aromatic rings. The van der Waals surface area contributed by atoms with Crippen LogP contribution < -0.4 is 0 Å². The Labute approximate surface area is 89.5 Å². The van der Waals surface area contributed by atoms with Crippen molar-refractivity contribution in [1.29, 1.82) is 0 Å². The molecule has 1 unspecified atom stereocenters. The number of halogens is 1. The fourth-order valence-electron chi connectivity index (χ4n) is 1.63. The molecule has 0 aliphatic carbocycles. The Hall–Kier alpha value is -1.25. The molecule has 82 valence electrons. The van der Waals surface area contributed by atoms with E-state index in [0.717, 1.165) is 12.8 Å². The molecule has 3 heteroatoms. The van der Waals surface area contributed by atoms with Crippen LogP contribution in [0.4, 0.5) is 4.39 Å². The average molecular weight is 209 g/mol. The Morgan fingerprint density at radius 1 is 1.60 bits per heavy atom. The first-order valence-corrected chi connectivity index (χ1v) is 5.25. The third kappa shape index (κ3) is 3.42. The molecule has 0 N–H and O–H groups in total. The lowest BCUT2D eigenvalue weighted by molar-refractivity contribution is -0.120. The molecule has 1 atom stereocenters. The van der Waals surface area contributed by atoms with Crippen LogP contribution in [0.25, 0.3) is 0 Å². The summed E-state index contributed by atoms with van der Waals surface area (Å²) in [6.07, 6.45) is 3.63. The van der Waals surface area contributed by atoms with Crippen LogP contribution in [0.3, 0.4) is 0 Å². The van der Waals surface area contributed by atoms with Gasteiger partial charge in [-0.25, -0.2) is 4.98 Å². The van der Waals surface area contributed by atoms with Crippen molar-refractivity contribution in [2.75, 3.05) is 0 Å². The molecule has 0 fully saturated rings. The molecule has 0 aliphatic heterocycles. The zero-order valence-electron chi connectivity index (χ0n) is 9.16. The van der Waals surface area contributed by atoms with Crippen molar-refractivity contribution in [3.05, 3.63) is 29.8 Å². The summed E-state index contributed by atoms with van der Waals surface area (Å²) in [7, 11) is 0. The summed E-state index contributed by atoms with van der Waals surface area (Å²) in [5, 5.41) is 0. The smallest absolute Gasteiger partial charge is 0.216 e. The molecular formula is C12H16FNO. The number of carbonyl (C=O) groups is 1. The summed E-state index contributed by atoms with van der Waals surface area (Å²) in [6, 6.07) is 3.38. The molecule has 1 aromatic heterocycles. The highest BCUT2D eigenvalue weighted by molar-refractivity contribution is 5.78. The van der Waals surface area contributed by atoms with Crippen LogP contribution in [0, 0.1) is 11.9 Å². The summed E-state index contributed by atoms with van der Waals surface area (Å²) in [5.74, 6) is -0.409. The van der Waals surface area contributed by atoms with Crippen molar-refractivity contribution in [1.82, 2.24) is 4.98 Å². The second-order valence-corrected chi connectivity index (χ2v) is 3.75. The van der Waals surface area contributed by atoms with Crippen molar-refractivity contribution < 1.29 is 9.18 Å². The molecule has 0 radical (unpaired) electrons. The maximum Gasteiger partial charge on any atom is 0.216 e. The van der Waals surface area contributed by atoms with E-state index in [1.807, 2.05) is 6.92 Å². The third-order valence-electron chi connectivity index (χ3n) is 2.51. The Kier molecular flexibility index (Phi) is 4.40. The summed E-state index contributed by atoms with van der Waals surface area (Å²) < 4.78 is 13.2. The molecule has 2 nitrogen and oxygen atoms in total. The van der Waals surface area contributed by atoms with E-state index in [0.29, 0.717) is 12.0 Å². The minimum absolute atomic E-state index is 0.0753. The lowest BCUT2D eigenvalue weighted by Crippen LogP contribution is -2.14. The van der Waals surface area contributed by atoms with Crippen LogP contribution in [0.5, 0.6) is 0 Å². The van der Waals surface area contributed by atoms with Crippen LogP contribution in [-0.4, -0.2) is 10.8 Å². The summed E-state index contributed by atoms with van der Waals surface area (Å²) in [4.78, 5) is 14.9. The molecule has 0 saturated carbocycles. The molecule has 0 bridgehead atoms. The van der Waals surface area contributed by atoms with Gasteiger partial charge in [0.2, 0.25) is 5.95 Å². The second kappa shape index (κ2) is 5.59. The van der Waals surface area contributed by atoms with E-state index in [2.05, 4.69) is 4.98 Å². The first-order chi connectivity index (χ1) is 7.15. The predicted octanol–water partition coefficient (Wildman–Crippen LogP) is 2.77. The van der Waals surface area contributed by atoms with E-state index in [9.17, 15) is 9.18 Å². The predicted molar refractivity (Wildman–Crippen MR) is 57.0 cm³/mol. The lowest BCUT2D eigenvalue weighted by Gasteiger charge is -2.12. The standard InChI is InChI=1S/C12H16FNO/c1-3-5-10(9(2)15)8-11-6-4-7-14-12(11)13/h4,6-7,10H,3,5,8H2,1-2H3. The fraction of sp³-hybridized carbons (Fsp3) is 0.500. The Bertz CT molecular complexity index is 338. The Balaban J connectivity index is 2.74. The molecule has 0 aliphatic rings. The molecule has 0 amide bonds. The van der Waals surface area contributed by atoms with E-state index >= 15 is 0 Å². The molecule has 1 heterocycles. The number of carbonyl (C=O) groups excluding carboxylic acids is 1. The first kappa shape index (κ1) is 11.8. The van der Waals surface area contributed by atoms with Crippen molar-refractivity contribution >= 4 is 5.78 Å². The number of aromatic nitrogens is 1. The van der Waals surface area contributed by atoms with Gasteiger partial charge in [0, 0.05) is 17.7 Å². The monoisotopic (exact) mass is 209 g/mol. The van der Waals surface area contributed by atoms with Gasteiger partial charge in [-0.1, -0.05) is 19.4 Å². The number of rotatable bonds is 5. The van der Waals surface area contributed by atoms with Crippen molar-refractivity contribution in [2.24, 2.45) is 5.92 Å². The van der Waals surface area contributed by atoms with Crippen LogP contribution >= 0.6 is 0 Å². The van der Waals surface area contributed by atoms with E-state index in [-0.39, 0.29) is 11.7 Å². The Morgan fingerprint density at radius 3 is 2.87 bits per heavy atom. The largest absolute Gasteiger partial charge is 0.300 e. The maximum absolute atomic E-state index is 13.2. The quantitative estimate of drug-likeness (QED) is 0.698. The first-order valence-electron chi connectivity index (χ1n) is 5.25. The van der Waals surface area contributed by atoms with Gasteiger partial charge in [0.1, 0.15) is 5.78 Å². The average Bonchev–Trinajstić information content (AvgIpc) is 2.20. The summed E-state index contributed by atoms with van der Waals surface area (Å²) in [6.45, 7) is 3.59. The van der Waals surface area contributed by atoms with E-state index in [4.69, 9.17) is 0 Å². The molecule has 0 saturated heterocycles. The molecule has 0 spiro atoms. The third-order valence-corrected chi connectivity index (χ3v) is 2.51. The zero-order valence-corrected chi connectivity index (χ0v) is 9.16. The topological polar surface area (TPSA) is 30.0 Å². The highest BCUT2D eigenvalue weighted by atomic mass is 19.1. The molecular weight excluding hydrogens is 193 g/mol. The summed E-state index contributed by atoms with van der Waals surface area (Å²) in [5.41, 5.74) is 0.533. The number of ketones is 1. The lowest BCUT2D eigenvalue weighted by atomic mass is 9.92. The van der Waals surface area contributed by atoms with Gasteiger partial charge in [0.25, 0.3) is 0 Å². The van der Waals surface area contributed by atoms with Gasteiger partial charge >= 0.3 is 0 Å². The second-order valence-electron chi connectivity index (χ2n) is 3.75. The van der Waals surface area contributed by atoms with Gasteiger partial charge < -0.3 is 0 Å². The minimum Gasteiger partial charge on any atom is -0.300 e. The van der Waals surface area contributed by atoms with E-state index < -0.39 is 5.95 Å². The highest BCUT2D eigenvalue weighted by Crippen LogP contribution is 2.16. The molecule has 0 aromatic carbocycles. The van der Waals surface area contributed by atoms with Gasteiger partial charge in [0.15, 0.2) is 0 Å². The number of nitrogens with zero attached hydrogens (tertiary/aromatic N) is 1. The number of hydrogen-bond donors (Lipinski definition) is 0. The van der Waals surface area contributed by atoms with E-state index in [1.165, 1.54) is 6.20 Å². The van der Waals surface area contributed by atoms with Gasteiger partial charge in [-0.15, -0.1) is 0 Å². The SMILES string of the molecule is CCCC(Cc1cccnc1F)C(C)=O. The van der Waals surface area contributed by atoms with Crippen LogP contribution in [0.1, 0.15) is 32.3 Å². The maximum atomic E-state index is 13.2.